The first-order valence-corrected chi connectivity index (χ1v) is 9.21. The summed E-state index contributed by atoms with van der Waals surface area (Å²) in [6.07, 6.45) is 2.57. The van der Waals surface area contributed by atoms with Gasteiger partial charge in [-0.15, -0.1) is 11.3 Å². The molecule has 0 N–H and O–H groups in total. The molecule has 3 rings (SSSR count). The van der Waals surface area contributed by atoms with E-state index in [0.717, 1.165) is 52.5 Å². The van der Waals surface area contributed by atoms with Crippen LogP contribution in [-0.4, -0.2) is 69.5 Å². The molecule has 0 aromatic carbocycles. The summed E-state index contributed by atoms with van der Waals surface area (Å²) in [5.41, 5.74) is 0.305. The number of ether oxygens (including phenoxy) is 2. The summed E-state index contributed by atoms with van der Waals surface area (Å²) in [6.45, 7) is 9.27. The number of rotatable bonds is 5. The van der Waals surface area contributed by atoms with Gasteiger partial charge in [0.2, 0.25) is 0 Å². The van der Waals surface area contributed by atoms with E-state index in [-0.39, 0.29) is 0 Å². The Bertz CT molecular complexity index is 440. The lowest BCUT2D eigenvalue weighted by molar-refractivity contribution is 0.00193. The maximum atomic E-state index is 5.98. The first-order valence-electron chi connectivity index (χ1n) is 8.33. The van der Waals surface area contributed by atoms with Crippen LogP contribution in [0, 0.1) is 5.41 Å². The van der Waals surface area contributed by atoms with Crippen LogP contribution in [0.4, 0.5) is 0 Å². The van der Waals surface area contributed by atoms with Crippen molar-refractivity contribution in [2.24, 2.45) is 5.41 Å². The molecule has 0 amide bonds. The van der Waals surface area contributed by atoms with E-state index in [1.54, 1.807) is 7.11 Å². The SMILES string of the molecule is COCCN1CCOC[C@]2(CCCN(Cc3cccs3)C2)C1. The highest BCUT2D eigenvalue weighted by Gasteiger charge is 2.38. The molecule has 22 heavy (non-hydrogen) atoms. The molecule has 0 saturated carbocycles. The van der Waals surface area contributed by atoms with Gasteiger partial charge in [-0.2, -0.15) is 0 Å². The number of methoxy groups -OCH3 is 1. The fraction of sp³-hybridized carbons (Fsp3) is 0.765. The van der Waals surface area contributed by atoms with Crippen LogP contribution in [0.25, 0.3) is 0 Å². The minimum absolute atomic E-state index is 0.305. The van der Waals surface area contributed by atoms with Gasteiger partial charge in [-0.3, -0.25) is 9.80 Å². The van der Waals surface area contributed by atoms with E-state index in [2.05, 4.69) is 27.3 Å². The summed E-state index contributed by atoms with van der Waals surface area (Å²) in [6, 6.07) is 4.40. The van der Waals surface area contributed by atoms with Gasteiger partial charge < -0.3 is 9.47 Å². The van der Waals surface area contributed by atoms with Gasteiger partial charge in [0.05, 0.1) is 19.8 Å². The van der Waals surface area contributed by atoms with Gasteiger partial charge in [0, 0.05) is 50.1 Å². The minimum atomic E-state index is 0.305. The number of thiophene rings is 1. The molecule has 0 bridgehead atoms. The molecule has 2 aliphatic heterocycles. The smallest absolute Gasteiger partial charge is 0.0593 e. The Morgan fingerprint density at radius 2 is 2.23 bits per heavy atom. The first-order chi connectivity index (χ1) is 10.8. The lowest BCUT2D eigenvalue weighted by Crippen LogP contribution is -2.50. The Balaban J connectivity index is 1.62. The van der Waals surface area contributed by atoms with Crippen LogP contribution in [0.1, 0.15) is 17.7 Å². The van der Waals surface area contributed by atoms with Crippen molar-refractivity contribution < 1.29 is 9.47 Å². The van der Waals surface area contributed by atoms with E-state index in [1.807, 2.05) is 11.3 Å². The number of hydrogen-bond donors (Lipinski definition) is 0. The molecule has 1 aromatic heterocycles. The quantitative estimate of drug-likeness (QED) is 0.830. The van der Waals surface area contributed by atoms with Gasteiger partial charge >= 0.3 is 0 Å². The van der Waals surface area contributed by atoms with E-state index >= 15 is 0 Å². The zero-order valence-electron chi connectivity index (χ0n) is 13.6. The van der Waals surface area contributed by atoms with Crippen LogP contribution in [0.2, 0.25) is 0 Å². The number of likely N-dealkylation sites (tertiary alicyclic amines) is 1. The second kappa shape index (κ2) is 7.88. The van der Waals surface area contributed by atoms with Crippen molar-refractivity contribution in [1.82, 2.24) is 9.80 Å². The lowest BCUT2D eigenvalue weighted by Gasteiger charge is -2.43. The van der Waals surface area contributed by atoms with Gasteiger partial charge in [-0.05, 0) is 30.8 Å². The number of hydrogen-bond acceptors (Lipinski definition) is 5. The largest absolute Gasteiger partial charge is 0.383 e. The highest BCUT2D eigenvalue weighted by atomic mass is 32.1. The molecule has 2 aliphatic rings. The van der Waals surface area contributed by atoms with Crippen molar-refractivity contribution in [3.63, 3.8) is 0 Å². The van der Waals surface area contributed by atoms with Gasteiger partial charge in [0.1, 0.15) is 0 Å². The standard InChI is InChI=1S/C17H28N2O2S/c1-20-9-7-18-8-10-21-15-17(13-18)5-3-6-19(14-17)12-16-4-2-11-22-16/h2,4,11H,3,5-10,12-15H2,1H3/t17-/m1/s1. The Morgan fingerprint density at radius 3 is 3.05 bits per heavy atom. The fourth-order valence-electron chi connectivity index (χ4n) is 3.81. The molecule has 5 heteroatoms. The predicted octanol–water partition coefficient (Wildman–Crippen LogP) is 2.31. The Labute approximate surface area is 138 Å². The van der Waals surface area contributed by atoms with E-state index in [0.29, 0.717) is 5.41 Å². The molecule has 4 nitrogen and oxygen atoms in total. The third kappa shape index (κ3) is 4.30. The minimum Gasteiger partial charge on any atom is -0.383 e. The van der Waals surface area contributed by atoms with E-state index in [4.69, 9.17) is 9.47 Å². The van der Waals surface area contributed by atoms with Crippen molar-refractivity contribution >= 4 is 11.3 Å². The number of piperidine rings is 1. The molecule has 2 saturated heterocycles. The molecule has 2 fully saturated rings. The topological polar surface area (TPSA) is 24.9 Å². The predicted molar refractivity (Wildman–Crippen MR) is 90.4 cm³/mol. The van der Waals surface area contributed by atoms with Crippen LogP contribution in [0.3, 0.4) is 0 Å². The third-order valence-electron chi connectivity index (χ3n) is 4.83. The monoisotopic (exact) mass is 324 g/mol. The lowest BCUT2D eigenvalue weighted by atomic mass is 9.80. The molecule has 1 aromatic rings. The van der Waals surface area contributed by atoms with Crippen molar-refractivity contribution in [3.05, 3.63) is 22.4 Å². The van der Waals surface area contributed by atoms with Crippen LogP contribution >= 0.6 is 11.3 Å². The van der Waals surface area contributed by atoms with Crippen molar-refractivity contribution in [1.29, 1.82) is 0 Å². The van der Waals surface area contributed by atoms with Crippen LogP contribution in [-0.2, 0) is 16.0 Å². The highest BCUT2D eigenvalue weighted by Crippen LogP contribution is 2.33. The Kier molecular flexibility index (Phi) is 5.88. The molecule has 1 atom stereocenters. The fourth-order valence-corrected chi connectivity index (χ4v) is 4.55. The molecule has 0 radical (unpaired) electrons. The van der Waals surface area contributed by atoms with Crippen molar-refractivity contribution in [2.75, 3.05) is 59.7 Å². The maximum absolute atomic E-state index is 5.98. The van der Waals surface area contributed by atoms with Crippen LogP contribution in [0.15, 0.2) is 17.5 Å². The van der Waals surface area contributed by atoms with Gasteiger partial charge in [0.15, 0.2) is 0 Å². The summed E-state index contributed by atoms with van der Waals surface area (Å²) in [7, 11) is 1.79. The molecule has 0 unspecified atom stereocenters. The zero-order valence-corrected chi connectivity index (χ0v) is 14.4. The second-order valence-corrected chi connectivity index (χ2v) is 7.75. The van der Waals surface area contributed by atoms with E-state index < -0.39 is 0 Å². The van der Waals surface area contributed by atoms with Gasteiger partial charge in [-0.1, -0.05) is 6.07 Å². The molecule has 1 spiro atoms. The van der Waals surface area contributed by atoms with Gasteiger partial charge in [-0.25, -0.2) is 0 Å². The highest BCUT2D eigenvalue weighted by molar-refractivity contribution is 7.09. The van der Waals surface area contributed by atoms with Crippen LogP contribution in [0.5, 0.6) is 0 Å². The molecule has 124 valence electrons. The summed E-state index contributed by atoms with van der Waals surface area (Å²) in [5, 5.41) is 2.18. The summed E-state index contributed by atoms with van der Waals surface area (Å²) >= 11 is 1.87. The molecular weight excluding hydrogens is 296 g/mol. The number of nitrogens with zero attached hydrogens (tertiary/aromatic N) is 2. The maximum Gasteiger partial charge on any atom is 0.0593 e. The Hall–Kier alpha value is -0.460. The first kappa shape index (κ1) is 16.4. The molecular formula is C17H28N2O2S. The Morgan fingerprint density at radius 1 is 1.32 bits per heavy atom. The summed E-state index contributed by atoms with van der Waals surface area (Å²) in [5.74, 6) is 0. The average molecular weight is 324 g/mol. The summed E-state index contributed by atoms with van der Waals surface area (Å²) < 4.78 is 11.2. The van der Waals surface area contributed by atoms with Gasteiger partial charge in [0.25, 0.3) is 0 Å². The van der Waals surface area contributed by atoms with Crippen molar-refractivity contribution in [3.8, 4) is 0 Å². The molecule has 0 aliphatic carbocycles. The van der Waals surface area contributed by atoms with E-state index in [9.17, 15) is 0 Å². The van der Waals surface area contributed by atoms with Crippen LogP contribution < -0.4 is 0 Å². The molecule has 3 heterocycles. The average Bonchev–Trinajstić information content (AvgIpc) is 2.94. The normalized spacial score (nSPS) is 28.0. The van der Waals surface area contributed by atoms with Crippen molar-refractivity contribution in [2.45, 2.75) is 19.4 Å². The third-order valence-corrected chi connectivity index (χ3v) is 5.69. The van der Waals surface area contributed by atoms with E-state index in [1.165, 1.54) is 24.3 Å². The zero-order chi connectivity index (χ0) is 15.3. The summed E-state index contributed by atoms with van der Waals surface area (Å²) in [4.78, 5) is 6.63. The second-order valence-electron chi connectivity index (χ2n) is 6.72.